The van der Waals surface area contributed by atoms with Crippen molar-refractivity contribution in [2.24, 2.45) is 5.92 Å². The normalized spacial score (nSPS) is 19.0. The van der Waals surface area contributed by atoms with Gasteiger partial charge < -0.3 is 10.2 Å². The van der Waals surface area contributed by atoms with Crippen LogP contribution in [0.15, 0.2) is 24.5 Å². The fraction of sp³-hybridized carbons (Fsp3) is 0.500. The molecule has 0 aliphatic carbocycles. The van der Waals surface area contributed by atoms with E-state index in [2.05, 4.69) is 10.3 Å². The first-order chi connectivity index (χ1) is 9.08. The Hall–Kier alpha value is -1.91. The third kappa shape index (κ3) is 3.30. The summed E-state index contributed by atoms with van der Waals surface area (Å²) in [5, 5.41) is 2.86. The minimum Gasteiger partial charge on any atom is -0.352 e. The average Bonchev–Trinajstić information content (AvgIpc) is 2.79. The number of pyridine rings is 1. The second-order valence-electron chi connectivity index (χ2n) is 5.12. The van der Waals surface area contributed by atoms with Crippen LogP contribution in [0.25, 0.3) is 0 Å². The molecule has 2 amide bonds. The Morgan fingerprint density at radius 2 is 2.37 bits per heavy atom. The Labute approximate surface area is 113 Å². The molecule has 1 aromatic rings. The number of nitrogens with zero attached hydrogens (tertiary/aromatic N) is 2. The number of hydrogen-bond acceptors (Lipinski definition) is 3. The van der Waals surface area contributed by atoms with Crippen molar-refractivity contribution in [2.75, 3.05) is 6.54 Å². The number of amides is 2. The molecule has 2 rings (SSSR count). The zero-order valence-corrected chi connectivity index (χ0v) is 11.3. The molecule has 1 aliphatic heterocycles. The number of rotatable bonds is 4. The first-order valence-electron chi connectivity index (χ1n) is 6.54. The van der Waals surface area contributed by atoms with E-state index < -0.39 is 0 Å². The number of carbonyl (C=O) groups is 2. The molecular formula is C14H19N3O2. The van der Waals surface area contributed by atoms with Crippen LogP contribution in [0.5, 0.6) is 0 Å². The van der Waals surface area contributed by atoms with E-state index in [4.69, 9.17) is 0 Å². The second-order valence-corrected chi connectivity index (χ2v) is 5.12. The van der Waals surface area contributed by atoms with Crippen molar-refractivity contribution in [3.05, 3.63) is 30.1 Å². The summed E-state index contributed by atoms with van der Waals surface area (Å²) in [7, 11) is 0. The van der Waals surface area contributed by atoms with E-state index in [1.165, 1.54) is 0 Å². The van der Waals surface area contributed by atoms with E-state index in [9.17, 15) is 9.59 Å². The topological polar surface area (TPSA) is 62.3 Å². The summed E-state index contributed by atoms with van der Waals surface area (Å²) in [6, 6.07) is 3.90. The molecule has 5 nitrogen and oxygen atoms in total. The van der Waals surface area contributed by atoms with Crippen LogP contribution < -0.4 is 5.32 Å². The molecule has 0 bridgehead atoms. The van der Waals surface area contributed by atoms with Crippen molar-refractivity contribution >= 4 is 11.8 Å². The highest BCUT2D eigenvalue weighted by molar-refractivity contribution is 5.89. The quantitative estimate of drug-likeness (QED) is 0.878. The van der Waals surface area contributed by atoms with Crippen LogP contribution in [-0.4, -0.2) is 34.3 Å². The van der Waals surface area contributed by atoms with Gasteiger partial charge >= 0.3 is 0 Å². The molecule has 1 saturated heterocycles. The molecule has 1 fully saturated rings. The highest BCUT2D eigenvalue weighted by Crippen LogP contribution is 2.20. The van der Waals surface area contributed by atoms with Crippen molar-refractivity contribution in [3.63, 3.8) is 0 Å². The number of nitrogens with one attached hydrogen (secondary N) is 1. The van der Waals surface area contributed by atoms with Crippen LogP contribution in [-0.2, 0) is 16.1 Å². The smallest absolute Gasteiger partial charge is 0.225 e. The molecule has 1 atom stereocenters. The van der Waals surface area contributed by atoms with Crippen molar-refractivity contribution in [1.82, 2.24) is 15.2 Å². The maximum atomic E-state index is 12.0. The predicted molar refractivity (Wildman–Crippen MR) is 71.0 cm³/mol. The van der Waals surface area contributed by atoms with Gasteiger partial charge in [0, 0.05) is 37.9 Å². The van der Waals surface area contributed by atoms with Crippen LogP contribution in [0.4, 0.5) is 0 Å². The summed E-state index contributed by atoms with van der Waals surface area (Å²) in [5.41, 5.74) is 0.959. The molecule has 0 aromatic carbocycles. The largest absolute Gasteiger partial charge is 0.352 e. The molecule has 102 valence electrons. The van der Waals surface area contributed by atoms with Crippen LogP contribution in [0.3, 0.4) is 0 Å². The van der Waals surface area contributed by atoms with Gasteiger partial charge in [-0.15, -0.1) is 0 Å². The Bertz CT molecular complexity index is 459. The molecule has 2 heterocycles. The van der Waals surface area contributed by atoms with Crippen molar-refractivity contribution in [2.45, 2.75) is 32.9 Å². The monoisotopic (exact) mass is 261 g/mol. The van der Waals surface area contributed by atoms with Crippen LogP contribution in [0, 0.1) is 5.92 Å². The van der Waals surface area contributed by atoms with Crippen molar-refractivity contribution < 1.29 is 9.59 Å². The Morgan fingerprint density at radius 1 is 1.58 bits per heavy atom. The summed E-state index contributed by atoms with van der Waals surface area (Å²) < 4.78 is 0. The van der Waals surface area contributed by atoms with E-state index in [1.54, 1.807) is 17.3 Å². The lowest BCUT2D eigenvalue weighted by Gasteiger charge is -2.20. The van der Waals surface area contributed by atoms with Crippen LogP contribution >= 0.6 is 0 Å². The molecule has 0 radical (unpaired) electrons. The van der Waals surface area contributed by atoms with Gasteiger partial charge in [0.2, 0.25) is 11.8 Å². The van der Waals surface area contributed by atoms with Gasteiger partial charge in [0.25, 0.3) is 0 Å². The Balaban J connectivity index is 1.86. The van der Waals surface area contributed by atoms with Gasteiger partial charge in [-0.25, -0.2) is 0 Å². The van der Waals surface area contributed by atoms with E-state index in [0.717, 1.165) is 5.56 Å². The SMILES string of the molecule is CC(C)N1CC(C(=O)NCc2cccnc2)CC1=O. The molecule has 0 saturated carbocycles. The number of aromatic nitrogens is 1. The molecule has 1 unspecified atom stereocenters. The molecule has 5 heteroatoms. The van der Waals surface area contributed by atoms with E-state index in [0.29, 0.717) is 19.5 Å². The van der Waals surface area contributed by atoms with E-state index in [-0.39, 0.29) is 23.8 Å². The van der Waals surface area contributed by atoms with Gasteiger partial charge in [0.05, 0.1) is 5.92 Å². The second kappa shape index (κ2) is 5.82. The standard InChI is InChI=1S/C14H19N3O2/c1-10(2)17-9-12(6-13(17)18)14(19)16-8-11-4-3-5-15-7-11/h3-5,7,10,12H,6,8-9H2,1-2H3,(H,16,19). The number of hydrogen-bond donors (Lipinski definition) is 1. The summed E-state index contributed by atoms with van der Waals surface area (Å²) in [6.45, 7) is 4.91. The third-order valence-corrected chi connectivity index (χ3v) is 3.34. The molecule has 1 N–H and O–H groups in total. The van der Waals surface area contributed by atoms with Crippen LogP contribution in [0.2, 0.25) is 0 Å². The molecule has 1 aromatic heterocycles. The maximum absolute atomic E-state index is 12.0. The minimum atomic E-state index is -0.230. The summed E-state index contributed by atoms with van der Waals surface area (Å²) in [4.78, 5) is 29.5. The Kier molecular flexibility index (Phi) is 4.14. The number of likely N-dealkylation sites (tertiary alicyclic amines) is 1. The zero-order chi connectivity index (χ0) is 13.8. The molecular weight excluding hydrogens is 242 g/mol. The summed E-state index contributed by atoms with van der Waals surface area (Å²) >= 11 is 0. The van der Waals surface area contributed by atoms with Gasteiger partial charge in [-0.3, -0.25) is 14.6 Å². The summed E-state index contributed by atoms with van der Waals surface area (Å²) in [5.74, 6) is -0.219. The first-order valence-corrected chi connectivity index (χ1v) is 6.54. The molecule has 1 aliphatic rings. The van der Waals surface area contributed by atoms with E-state index >= 15 is 0 Å². The lowest BCUT2D eigenvalue weighted by atomic mass is 10.1. The minimum absolute atomic E-state index is 0.0552. The van der Waals surface area contributed by atoms with Gasteiger partial charge in [0.15, 0.2) is 0 Å². The van der Waals surface area contributed by atoms with Gasteiger partial charge in [-0.2, -0.15) is 0 Å². The highest BCUT2D eigenvalue weighted by Gasteiger charge is 2.35. The Morgan fingerprint density at radius 3 is 2.95 bits per heavy atom. The van der Waals surface area contributed by atoms with Gasteiger partial charge in [-0.05, 0) is 25.5 Å². The molecule has 0 spiro atoms. The highest BCUT2D eigenvalue weighted by atomic mass is 16.2. The fourth-order valence-corrected chi connectivity index (χ4v) is 2.24. The average molecular weight is 261 g/mol. The zero-order valence-electron chi connectivity index (χ0n) is 11.3. The molecule has 19 heavy (non-hydrogen) atoms. The van der Waals surface area contributed by atoms with Crippen molar-refractivity contribution in [3.8, 4) is 0 Å². The maximum Gasteiger partial charge on any atom is 0.225 e. The van der Waals surface area contributed by atoms with Gasteiger partial charge in [0.1, 0.15) is 0 Å². The van der Waals surface area contributed by atoms with Crippen molar-refractivity contribution in [1.29, 1.82) is 0 Å². The van der Waals surface area contributed by atoms with Crippen LogP contribution in [0.1, 0.15) is 25.8 Å². The lowest BCUT2D eigenvalue weighted by Crippen LogP contribution is -2.35. The fourth-order valence-electron chi connectivity index (χ4n) is 2.24. The number of carbonyl (C=O) groups excluding carboxylic acids is 2. The first kappa shape index (κ1) is 13.5. The predicted octanol–water partition coefficient (Wildman–Crippen LogP) is 0.955. The third-order valence-electron chi connectivity index (χ3n) is 3.34. The van der Waals surface area contributed by atoms with E-state index in [1.807, 2.05) is 26.0 Å². The lowest BCUT2D eigenvalue weighted by molar-refractivity contribution is -0.129. The van der Waals surface area contributed by atoms with Gasteiger partial charge in [-0.1, -0.05) is 6.07 Å². The summed E-state index contributed by atoms with van der Waals surface area (Å²) in [6.07, 6.45) is 3.74.